The van der Waals surface area contributed by atoms with Crippen molar-refractivity contribution in [2.24, 2.45) is 0 Å². The zero-order valence-electron chi connectivity index (χ0n) is 17.5. The third-order valence-corrected chi connectivity index (χ3v) is 5.66. The summed E-state index contributed by atoms with van der Waals surface area (Å²) in [5, 5.41) is 5.89. The maximum absolute atomic E-state index is 12.5. The monoisotopic (exact) mass is 424 g/mol. The van der Waals surface area contributed by atoms with Crippen LogP contribution < -0.4 is 20.1 Å². The van der Waals surface area contributed by atoms with Gasteiger partial charge < -0.3 is 20.1 Å². The summed E-state index contributed by atoms with van der Waals surface area (Å²) in [6.45, 7) is 0. The summed E-state index contributed by atoms with van der Waals surface area (Å²) in [5.74, 6) is -0.595. The highest BCUT2D eigenvalue weighted by atomic mass is 35.5. The van der Waals surface area contributed by atoms with Crippen molar-refractivity contribution in [3.05, 3.63) is 17.2 Å². The van der Waals surface area contributed by atoms with Crippen LogP contribution in [0.2, 0.25) is 5.02 Å². The molecule has 0 unspecified atom stereocenters. The molecule has 0 heterocycles. The third-order valence-electron chi connectivity index (χ3n) is 5.37. The van der Waals surface area contributed by atoms with Crippen molar-refractivity contribution >= 4 is 29.1 Å². The van der Waals surface area contributed by atoms with Crippen molar-refractivity contribution < 1.29 is 19.1 Å². The summed E-state index contributed by atoms with van der Waals surface area (Å²) < 4.78 is 10.4. The number of hydrogen-bond acceptors (Lipinski definition) is 4. The minimum absolute atomic E-state index is 0.0364. The van der Waals surface area contributed by atoms with Crippen molar-refractivity contribution in [3.63, 3.8) is 0 Å². The molecule has 0 aromatic heterocycles. The molecule has 2 amide bonds. The lowest BCUT2D eigenvalue weighted by Gasteiger charge is -2.19. The van der Waals surface area contributed by atoms with E-state index in [9.17, 15) is 9.59 Å². The van der Waals surface area contributed by atoms with Gasteiger partial charge in [-0.25, -0.2) is 0 Å². The summed E-state index contributed by atoms with van der Waals surface area (Å²) in [6.07, 6.45) is 12.8. The predicted molar refractivity (Wildman–Crippen MR) is 116 cm³/mol. The molecule has 1 aromatic carbocycles. The van der Waals surface area contributed by atoms with Crippen LogP contribution in [0.5, 0.6) is 11.5 Å². The first-order chi connectivity index (χ1) is 14.0. The van der Waals surface area contributed by atoms with E-state index in [1.165, 1.54) is 59.2 Å². The number of rotatable bonds is 4. The lowest BCUT2D eigenvalue weighted by Crippen LogP contribution is -2.42. The first kappa shape index (κ1) is 23.3. The molecule has 1 aliphatic rings. The van der Waals surface area contributed by atoms with Crippen LogP contribution in [-0.2, 0) is 9.59 Å². The molecule has 1 aliphatic carbocycles. The minimum atomic E-state index is -0.723. The molecule has 1 saturated carbocycles. The summed E-state index contributed by atoms with van der Waals surface area (Å²) in [7, 11) is 2.95. The fraction of sp³-hybridized carbons (Fsp3) is 0.636. The van der Waals surface area contributed by atoms with Crippen LogP contribution in [0.25, 0.3) is 0 Å². The maximum Gasteiger partial charge on any atom is 0.313 e. The lowest BCUT2D eigenvalue weighted by molar-refractivity contribution is -0.136. The molecule has 162 valence electrons. The van der Waals surface area contributed by atoms with Crippen LogP contribution in [0.15, 0.2) is 12.1 Å². The fourth-order valence-electron chi connectivity index (χ4n) is 3.70. The van der Waals surface area contributed by atoms with Gasteiger partial charge in [0.2, 0.25) is 0 Å². The van der Waals surface area contributed by atoms with Gasteiger partial charge in [-0.15, -0.1) is 0 Å². The van der Waals surface area contributed by atoms with Gasteiger partial charge in [-0.1, -0.05) is 69.4 Å². The number of carbonyl (C=O) groups excluding carboxylic acids is 2. The Morgan fingerprint density at radius 2 is 1.34 bits per heavy atom. The van der Waals surface area contributed by atoms with Gasteiger partial charge in [-0.3, -0.25) is 9.59 Å². The van der Waals surface area contributed by atoms with Crippen molar-refractivity contribution in [2.75, 3.05) is 19.5 Å². The van der Waals surface area contributed by atoms with E-state index in [0.29, 0.717) is 22.2 Å². The first-order valence-electron chi connectivity index (χ1n) is 10.6. The lowest BCUT2D eigenvalue weighted by atomic mass is 9.98. The number of anilines is 1. The number of hydrogen-bond donors (Lipinski definition) is 2. The van der Waals surface area contributed by atoms with Crippen LogP contribution in [0.3, 0.4) is 0 Å². The van der Waals surface area contributed by atoms with E-state index in [1.54, 1.807) is 12.1 Å². The Balaban J connectivity index is 1.96. The molecule has 0 spiro atoms. The molecule has 0 atom stereocenters. The average Bonchev–Trinajstić information content (AvgIpc) is 2.70. The van der Waals surface area contributed by atoms with Gasteiger partial charge in [-0.05, 0) is 12.8 Å². The molecule has 1 aromatic rings. The predicted octanol–water partition coefficient (Wildman–Crippen LogP) is 5.09. The molecule has 0 saturated heterocycles. The van der Waals surface area contributed by atoms with Crippen molar-refractivity contribution in [1.82, 2.24) is 5.32 Å². The Morgan fingerprint density at radius 1 is 0.828 bits per heavy atom. The highest BCUT2D eigenvalue weighted by Crippen LogP contribution is 2.35. The van der Waals surface area contributed by atoms with Gasteiger partial charge in [0.1, 0.15) is 11.5 Å². The Labute approximate surface area is 178 Å². The molecule has 6 nitrogen and oxygen atoms in total. The number of methoxy groups -OCH3 is 2. The molecular formula is C22H33ClN2O4. The molecule has 1 fully saturated rings. The van der Waals surface area contributed by atoms with Gasteiger partial charge >= 0.3 is 11.8 Å². The first-order valence-corrected chi connectivity index (χ1v) is 11.0. The fourth-order valence-corrected chi connectivity index (χ4v) is 3.93. The van der Waals surface area contributed by atoms with Crippen LogP contribution in [0, 0.1) is 0 Å². The number of benzene rings is 1. The highest BCUT2D eigenvalue weighted by molar-refractivity contribution is 6.40. The van der Waals surface area contributed by atoms with E-state index in [4.69, 9.17) is 21.1 Å². The SMILES string of the molecule is COc1cc(NC(=O)C(=O)NC2CCCCCCCCCCC2)c(OC)cc1Cl. The zero-order chi connectivity index (χ0) is 21.1. The second-order valence-corrected chi connectivity index (χ2v) is 7.98. The van der Waals surface area contributed by atoms with E-state index in [1.807, 2.05) is 0 Å². The Morgan fingerprint density at radius 3 is 1.86 bits per heavy atom. The Bertz CT molecular complexity index is 669. The number of carbonyl (C=O) groups is 2. The zero-order valence-corrected chi connectivity index (χ0v) is 18.3. The van der Waals surface area contributed by atoms with E-state index in [0.717, 1.165) is 25.7 Å². The van der Waals surface area contributed by atoms with Gasteiger partial charge in [0.25, 0.3) is 0 Å². The normalized spacial score (nSPS) is 16.8. The standard InChI is InChI=1S/C22H33ClN2O4/c1-28-19-15-18(20(29-2)14-17(19)23)25-22(27)21(26)24-16-12-10-8-6-4-3-5-7-9-11-13-16/h14-16H,3-13H2,1-2H3,(H,24,26)(H,25,27). The molecule has 2 rings (SSSR count). The average molecular weight is 425 g/mol. The van der Waals surface area contributed by atoms with E-state index < -0.39 is 11.8 Å². The van der Waals surface area contributed by atoms with E-state index >= 15 is 0 Å². The van der Waals surface area contributed by atoms with Gasteiger partial charge in [0.15, 0.2) is 0 Å². The Kier molecular flexibility index (Phi) is 10.1. The second kappa shape index (κ2) is 12.6. The number of amides is 2. The van der Waals surface area contributed by atoms with Crippen LogP contribution in [0.4, 0.5) is 5.69 Å². The topological polar surface area (TPSA) is 76.7 Å². The second-order valence-electron chi connectivity index (χ2n) is 7.57. The molecule has 29 heavy (non-hydrogen) atoms. The van der Waals surface area contributed by atoms with Crippen molar-refractivity contribution in [3.8, 4) is 11.5 Å². The molecule has 2 N–H and O–H groups in total. The van der Waals surface area contributed by atoms with Crippen LogP contribution in [0.1, 0.15) is 70.6 Å². The molecular weight excluding hydrogens is 392 g/mol. The molecule has 0 bridgehead atoms. The summed E-state index contributed by atoms with van der Waals surface area (Å²) >= 11 is 6.09. The smallest absolute Gasteiger partial charge is 0.313 e. The van der Waals surface area contributed by atoms with E-state index in [2.05, 4.69) is 10.6 Å². The van der Waals surface area contributed by atoms with E-state index in [-0.39, 0.29) is 6.04 Å². The van der Waals surface area contributed by atoms with Gasteiger partial charge in [-0.2, -0.15) is 0 Å². The highest BCUT2D eigenvalue weighted by Gasteiger charge is 2.21. The minimum Gasteiger partial charge on any atom is -0.495 e. The van der Waals surface area contributed by atoms with Gasteiger partial charge in [0, 0.05) is 18.2 Å². The number of halogens is 1. The molecule has 7 heteroatoms. The largest absolute Gasteiger partial charge is 0.495 e. The molecule has 0 aliphatic heterocycles. The van der Waals surface area contributed by atoms with Crippen LogP contribution >= 0.6 is 11.6 Å². The summed E-state index contributed by atoms with van der Waals surface area (Å²) in [6, 6.07) is 3.12. The van der Waals surface area contributed by atoms with Crippen molar-refractivity contribution in [1.29, 1.82) is 0 Å². The number of nitrogens with one attached hydrogen (secondary N) is 2. The summed E-state index contributed by atoms with van der Waals surface area (Å²) in [4.78, 5) is 25.0. The maximum atomic E-state index is 12.5. The molecule has 0 radical (unpaired) electrons. The van der Waals surface area contributed by atoms with Crippen LogP contribution in [-0.4, -0.2) is 32.1 Å². The third kappa shape index (κ3) is 7.77. The van der Waals surface area contributed by atoms with Gasteiger partial charge in [0.05, 0.1) is 24.9 Å². The quantitative estimate of drug-likeness (QED) is 0.660. The number of ether oxygens (including phenoxy) is 2. The van der Waals surface area contributed by atoms with Crippen molar-refractivity contribution in [2.45, 2.75) is 76.7 Å². The Hall–Kier alpha value is -1.95. The summed E-state index contributed by atoms with van der Waals surface area (Å²) in [5.41, 5.74) is 0.340.